The molecule has 1 aromatic carbocycles. The van der Waals surface area contributed by atoms with E-state index in [4.69, 9.17) is 0 Å². The fraction of sp³-hybridized carbons (Fsp3) is 0.571. The van der Waals surface area contributed by atoms with E-state index in [-0.39, 0.29) is 16.5 Å². The van der Waals surface area contributed by atoms with Gasteiger partial charge in [0.25, 0.3) is 5.69 Å². The molecule has 0 aliphatic heterocycles. The van der Waals surface area contributed by atoms with Gasteiger partial charge in [-0.05, 0) is 24.8 Å². The largest absolute Gasteiger partial charge is 0.273 e. The molecule has 1 aromatic rings. The zero-order chi connectivity index (χ0) is 16.0. The van der Waals surface area contributed by atoms with E-state index in [2.05, 4.69) is 4.72 Å². The smallest absolute Gasteiger partial charge is 0.258 e. The van der Waals surface area contributed by atoms with E-state index in [1.807, 2.05) is 20.8 Å². The van der Waals surface area contributed by atoms with Gasteiger partial charge in [-0.2, -0.15) is 0 Å². The third-order valence-corrected chi connectivity index (χ3v) is 4.56. The quantitative estimate of drug-likeness (QED) is 0.590. The van der Waals surface area contributed by atoms with Crippen LogP contribution in [0.2, 0.25) is 0 Å². The molecule has 1 rings (SSSR count). The molecule has 0 aliphatic rings. The minimum atomic E-state index is -3.73. The molecule has 0 saturated heterocycles. The first-order valence-corrected chi connectivity index (χ1v) is 8.53. The van der Waals surface area contributed by atoms with Crippen LogP contribution in [0.15, 0.2) is 23.1 Å². The summed E-state index contributed by atoms with van der Waals surface area (Å²) in [6.45, 7) is 6.06. The Balaban J connectivity index is 3.27. The average molecular weight is 314 g/mol. The molecule has 0 aromatic heterocycles. The highest BCUT2D eigenvalue weighted by atomic mass is 32.2. The maximum atomic E-state index is 12.4. The molecular formula is C14H22N2O4S. The molecule has 0 amide bonds. The van der Waals surface area contributed by atoms with E-state index in [9.17, 15) is 18.5 Å². The van der Waals surface area contributed by atoms with E-state index in [1.165, 1.54) is 18.2 Å². The molecular weight excluding hydrogens is 292 g/mol. The van der Waals surface area contributed by atoms with Crippen LogP contribution in [0.25, 0.3) is 0 Å². The molecule has 0 saturated carbocycles. The van der Waals surface area contributed by atoms with E-state index >= 15 is 0 Å². The number of hydrogen-bond donors (Lipinski definition) is 1. The summed E-state index contributed by atoms with van der Waals surface area (Å²) in [4.78, 5) is 10.6. The molecule has 7 heteroatoms. The van der Waals surface area contributed by atoms with E-state index in [0.29, 0.717) is 24.9 Å². The van der Waals surface area contributed by atoms with Crippen molar-refractivity contribution in [3.8, 4) is 0 Å². The Morgan fingerprint density at radius 1 is 1.33 bits per heavy atom. The van der Waals surface area contributed by atoms with Crippen molar-refractivity contribution in [2.24, 2.45) is 5.92 Å². The number of hydrogen-bond acceptors (Lipinski definition) is 4. The van der Waals surface area contributed by atoms with Gasteiger partial charge in [0.1, 0.15) is 0 Å². The van der Waals surface area contributed by atoms with Gasteiger partial charge < -0.3 is 0 Å². The average Bonchev–Trinajstić information content (AvgIpc) is 2.42. The lowest BCUT2D eigenvalue weighted by molar-refractivity contribution is -0.385. The van der Waals surface area contributed by atoms with Gasteiger partial charge in [-0.15, -0.1) is 0 Å². The lowest BCUT2D eigenvalue weighted by Gasteiger charge is -2.13. The third-order valence-electron chi connectivity index (χ3n) is 3.06. The number of unbranched alkanes of at least 4 members (excludes halogenated alkanes) is 1. The van der Waals surface area contributed by atoms with Gasteiger partial charge in [0.05, 0.1) is 9.82 Å². The molecule has 0 aliphatic carbocycles. The first-order valence-electron chi connectivity index (χ1n) is 7.05. The summed E-state index contributed by atoms with van der Waals surface area (Å²) < 4.78 is 27.2. The normalized spacial score (nSPS) is 11.8. The maximum Gasteiger partial charge on any atom is 0.273 e. The SMILES string of the molecule is CCCCc1c([N+](=O)[O-])cccc1S(=O)(=O)NCC(C)C. The predicted molar refractivity (Wildman–Crippen MR) is 81.7 cm³/mol. The molecule has 0 spiro atoms. The summed E-state index contributed by atoms with van der Waals surface area (Å²) in [6.07, 6.45) is 1.92. The second-order valence-electron chi connectivity index (χ2n) is 5.36. The topological polar surface area (TPSA) is 89.3 Å². The Morgan fingerprint density at radius 2 is 2.00 bits per heavy atom. The Bertz CT molecular complexity index is 597. The van der Waals surface area contributed by atoms with Gasteiger partial charge in [-0.3, -0.25) is 10.1 Å². The molecule has 6 nitrogen and oxygen atoms in total. The van der Waals surface area contributed by atoms with Crippen LogP contribution in [0.3, 0.4) is 0 Å². The highest BCUT2D eigenvalue weighted by Crippen LogP contribution is 2.27. The summed E-state index contributed by atoms with van der Waals surface area (Å²) >= 11 is 0. The van der Waals surface area contributed by atoms with Crippen LogP contribution in [0.1, 0.15) is 39.2 Å². The molecule has 0 radical (unpaired) electrons. The third kappa shape index (κ3) is 4.78. The summed E-state index contributed by atoms with van der Waals surface area (Å²) in [5.74, 6) is 0.164. The van der Waals surface area contributed by atoms with Crippen molar-refractivity contribution in [2.45, 2.75) is 44.9 Å². The Hall–Kier alpha value is -1.47. The Morgan fingerprint density at radius 3 is 2.52 bits per heavy atom. The lowest BCUT2D eigenvalue weighted by Crippen LogP contribution is -2.28. The molecule has 0 unspecified atom stereocenters. The predicted octanol–water partition coefficient (Wildman–Crippen LogP) is 2.87. The second kappa shape index (κ2) is 7.51. The minimum Gasteiger partial charge on any atom is -0.258 e. The van der Waals surface area contributed by atoms with E-state index in [1.54, 1.807) is 0 Å². The first kappa shape index (κ1) is 17.6. The van der Waals surface area contributed by atoms with Crippen molar-refractivity contribution in [1.82, 2.24) is 4.72 Å². The zero-order valence-electron chi connectivity index (χ0n) is 12.6. The van der Waals surface area contributed by atoms with Crippen molar-refractivity contribution >= 4 is 15.7 Å². The number of benzene rings is 1. The van der Waals surface area contributed by atoms with Crippen LogP contribution in [-0.2, 0) is 16.4 Å². The highest BCUT2D eigenvalue weighted by molar-refractivity contribution is 7.89. The number of rotatable bonds is 8. The summed E-state index contributed by atoms with van der Waals surface area (Å²) in [5.41, 5.74) is 0.163. The Labute approximate surface area is 125 Å². The summed E-state index contributed by atoms with van der Waals surface area (Å²) in [7, 11) is -3.73. The highest BCUT2D eigenvalue weighted by Gasteiger charge is 2.25. The molecule has 0 fully saturated rings. The van der Waals surface area contributed by atoms with Crippen LogP contribution in [-0.4, -0.2) is 19.9 Å². The molecule has 0 bridgehead atoms. The fourth-order valence-electron chi connectivity index (χ4n) is 1.94. The minimum absolute atomic E-state index is 0.0193. The first-order chi connectivity index (χ1) is 9.79. The maximum absolute atomic E-state index is 12.4. The molecule has 1 N–H and O–H groups in total. The Kier molecular flexibility index (Phi) is 6.29. The van der Waals surface area contributed by atoms with Crippen molar-refractivity contribution in [3.05, 3.63) is 33.9 Å². The summed E-state index contributed by atoms with van der Waals surface area (Å²) in [6, 6.07) is 4.20. The standard InChI is InChI=1S/C14H22N2O4S/c1-4-5-7-12-13(16(17)18)8-6-9-14(12)21(19,20)15-10-11(2)3/h6,8-9,11,15H,4-5,7,10H2,1-3H3. The summed E-state index contributed by atoms with van der Waals surface area (Å²) in [5, 5.41) is 11.1. The van der Waals surface area contributed by atoms with Crippen molar-refractivity contribution in [2.75, 3.05) is 6.54 Å². The molecule has 0 heterocycles. The van der Waals surface area contributed by atoms with Crippen molar-refractivity contribution < 1.29 is 13.3 Å². The fourth-order valence-corrected chi connectivity index (χ4v) is 3.43. The monoisotopic (exact) mass is 314 g/mol. The zero-order valence-corrected chi connectivity index (χ0v) is 13.4. The number of nitrogens with one attached hydrogen (secondary N) is 1. The van der Waals surface area contributed by atoms with Crippen LogP contribution in [0, 0.1) is 16.0 Å². The number of sulfonamides is 1. The molecule has 0 atom stereocenters. The van der Waals surface area contributed by atoms with Gasteiger partial charge in [-0.1, -0.05) is 33.3 Å². The number of nitrogens with zero attached hydrogens (tertiary/aromatic N) is 1. The van der Waals surface area contributed by atoms with Crippen molar-refractivity contribution in [3.63, 3.8) is 0 Å². The van der Waals surface area contributed by atoms with Crippen LogP contribution in [0.4, 0.5) is 5.69 Å². The molecule has 21 heavy (non-hydrogen) atoms. The van der Waals surface area contributed by atoms with E-state index in [0.717, 1.165) is 6.42 Å². The van der Waals surface area contributed by atoms with Crippen LogP contribution >= 0.6 is 0 Å². The number of nitro benzene ring substituents is 1. The van der Waals surface area contributed by atoms with Gasteiger partial charge in [0.15, 0.2) is 0 Å². The van der Waals surface area contributed by atoms with E-state index < -0.39 is 14.9 Å². The van der Waals surface area contributed by atoms with Crippen LogP contribution < -0.4 is 4.72 Å². The molecule has 118 valence electrons. The van der Waals surface area contributed by atoms with Crippen molar-refractivity contribution in [1.29, 1.82) is 0 Å². The lowest BCUT2D eigenvalue weighted by atomic mass is 10.1. The van der Waals surface area contributed by atoms with Gasteiger partial charge in [0.2, 0.25) is 10.0 Å². The van der Waals surface area contributed by atoms with Gasteiger partial charge in [0, 0.05) is 18.2 Å². The van der Waals surface area contributed by atoms with Gasteiger partial charge >= 0.3 is 0 Å². The van der Waals surface area contributed by atoms with Crippen LogP contribution in [0.5, 0.6) is 0 Å². The number of nitro groups is 1. The van der Waals surface area contributed by atoms with Gasteiger partial charge in [-0.25, -0.2) is 13.1 Å². The second-order valence-corrected chi connectivity index (χ2v) is 7.10.